The van der Waals surface area contributed by atoms with Crippen LogP contribution >= 0.6 is 17.0 Å². The van der Waals surface area contributed by atoms with Gasteiger partial charge in [-0.1, -0.05) is 52.0 Å². The molecule has 0 unspecified atom stereocenters. The molecule has 6 aromatic rings. The Balaban J connectivity index is 0.000000186. The molecule has 0 saturated carbocycles. The van der Waals surface area contributed by atoms with Gasteiger partial charge in [-0.2, -0.15) is 19.1 Å². The molecule has 2 nitrogen and oxygen atoms in total. The van der Waals surface area contributed by atoms with Crippen LogP contribution in [0.25, 0.3) is 44.1 Å². The molecular weight excluding hydrogens is 599 g/mol. The van der Waals surface area contributed by atoms with E-state index in [-0.39, 0.29) is 0 Å². The van der Waals surface area contributed by atoms with Gasteiger partial charge in [0, 0.05) is 12.4 Å². The summed E-state index contributed by atoms with van der Waals surface area (Å²) in [4.78, 5) is 8.88. The number of fused-ring (bicyclic) bond motifs is 2. The fourth-order valence-electron chi connectivity index (χ4n) is 4.67. The second kappa shape index (κ2) is 15.3. The zero-order chi connectivity index (χ0) is 28.4. The van der Waals surface area contributed by atoms with Crippen LogP contribution in [0, 0.1) is 34.6 Å². The average Bonchev–Trinajstić information content (AvgIpc) is 3.55. The molecule has 0 radical (unpaired) electrons. The van der Waals surface area contributed by atoms with Crippen molar-refractivity contribution in [3.63, 3.8) is 0 Å². The minimum absolute atomic E-state index is 0.826. The number of halogens is 2. The predicted molar refractivity (Wildman–Crippen MR) is 167 cm³/mol. The summed E-state index contributed by atoms with van der Waals surface area (Å²) in [5.41, 5.74) is 9.81. The van der Waals surface area contributed by atoms with E-state index in [4.69, 9.17) is 17.0 Å². The Morgan fingerprint density at radius 2 is 1.00 bits per heavy atom. The van der Waals surface area contributed by atoms with E-state index < -0.39 is 20.8 Å². The first-order valence-electron chi connectivity index (χ1n) is 12.8. The molecule has 0 saturated heterocycles. The van der Waals surface area contributed by atoms with Gasteiger partial charge in [-0.15, -0.1) is 68.1 Å². The monoisotopic (exact) mass is 629 g/mol. The SMILES string of the molecule is Cc1cc2c(-c3ccccn3)ccc(C)c2[cH-]1.Cc1cc2c(-c3ccccn3)ccc(C)c2[cH-]1.[CH2-]C.[Cl][Zr][Cl]. The van der Waals surface area contributed by atoms with E-state index in [1.54, 1.807) is 6.92 Å². The molecule has 0 bridgehead atoms. The van der Waals surface area contributed by atoms with Crippen molar-refractivity contribution in [1.29, 1.82) is 0 Å². The van der Waals surface area contributed by atoms with Gasteiger partial charge in [0.25, 0.3) is 0 Å². The number of hydrogen-bond acceptors (Lipinski definition) is 2. The van der Waals surface area contributed by atoms with Crippen LogP contribution < -0.4 is 0 Å². The van der Waals surface area contributed by atoms with Crippen LogP contribution in [0.2, 0.25) is 0 Å². The van der Waals surface area contributed by atoms with Crippen LogP contribution in [0.15, 0.2) is 97.3 Å². The molecule has 0 atom stereocenters. The first kappa shape index (κ1) is 31.0. The molecule has 0 fully saturated rings. The zero-order valence-electron chi connectivity index (χ0n) is 23.1. The maximum absolute atomic E-state index is 4.93. The molecule has 0 amide bonds. The molecule has 5 heteroatoms. The number of aromatic nitrogens is 2. The number of benzene rings is 2. The Kier molecular flexibility index (Phi) is 12.1. The number of pyridine rings is 2. The number of nitrogens with zero attached hydrogens (tertiary/aromatic N) is 2. The summed E-state index contributed by atoms with van der Waals surface area (Å²) >= 11 is -0.826. The Bertz CT molecular complexity index is 1480. The quantitative estimate of drug-likeness (QED) is 0.178. The summed E-state index contributed by atoms with van der Waals surface area (Å²) in [7, 11) is 9.87. The molecule has 0 aliphatic rings. The maximum atomic E-state index is 4.93. The van der Waals surface area contributed by atoms with Gasteiger partial charge >= 0.3 is 37.9 Å². The third kappa shape index (κ3) is 7.76. The van der Waals surface area contributed by atoms with Crippen molar-refractivity contribution in [3.05, 3.63) is 127 Å². The van der Waals surface area contributed by atoms with Gasteiger partial charge in [0.1, 0.15) is 0 Å². The van der Waals surface area contributed by atoms with Gasteiger partial charge in [-0.3, -0.25) is 9.97 Å². The summed E-state index contributed by atoms with van der Waals surface area (Å²) in [5, 5.41) is 5.29. The van der Waals surface area contributed by atoms with E-state index in [0.29, 0.717) is 0 Å². The topological polar surface area (TPSA) is 25.8 Å². The van der Waals surface area contributed by atoms with Gasteiger partial charge in [-0.25, -0.2) is 0 Å². The molecule has 0 spiro atoms. The van der Waals surface area contributed by atoms with Crippen LogP contribution in [-0.4, -0.2) is 9.97 Å². The second-order valence-corrected chi connectivity index (χ2v) is 12.8. The van der Waals surface area contributed by atoms with Gasteiger partial charge in [-0.05, 0) is 35.4 Å². The summed E-state index contributed by atoms with van der Waals surface area (Å²) in [6.07, 6.45) is 3.69. The molecule has 2 aromatic heterocycles. The van der Waals surface area contributed by atoms with Crippen LogP contribution in [-0.2, 0) is 20.8 Å². The zero-order valence-corrected chi connectivity index (χ0v) is 27.1. The van der Waals surface area contributed by atoms with E-state index >= 15 is 0 Å². The third-order valence-corrected chi connectivity index (χ3v) is 6.38. The second-order valence-electron chi connectivity index (χ2n) is 9.08. The first-order chi connectivity index (χ1) is 18.9. The standard InChI is InChI=1S/2C16H14N.C2H5.2ClH.Zr/c2*1-11-9-14-12(2)6-7-13(15(14)10-11)16-5-3-4-8-17-16;1-2;;;/h2*3-10H,1-2H3;1H2,2H3;2*1H;/q3*-1;;;+2/p-2. The summed E-state index contributed by atoms with van der Waals surface area (Å²) in [6, 6.07) is 29.7. The van der Waals surface area contributed by atoms with E-state index in [2.05, 4.69) is 105 Å². The van der Waals surface area contributed by atoms with E-state index in [0.717, 1.165) is 11.4 Å². The molecule has 39 heavy (non-hydrogen) atoms. The summed E-state index contributed by atoms with van der Waals surface area (Å²) < 4.78 is 0. The fraction of sp³-hybridized carbons (Fsp3) is 0.147. The van der Waals surface area contributed by atoms with Gasteiger partial charge in [0.15, 0.2) is 0 Å². The van der Waals surface area contributed by atoms with Crippen molar-refractivity contribution >= 4 is 38.6 Å². The van der Waals surface area contributed by atoms with Crippen molar-refractivity contribution in [3.8, 4) is 22.5 Å². The molecule has 0 N–H and O–H groups in total. The average molecular weight is 632 g/mol. The van der Waals surface area contributed by atoms with E-state index in [9.17, 15) is 0 Å². The van der Waals surface area contributed by atoms with Crippen molar-refractivity contribution < 1.29 is 20.8 Å². The molecule has 0 aliphatic carbocycles. The summed E-state index contributed by atoms with van der Waals surface area (Å²) in [5.74, 6) is 0. The minimum atomic E-state index is -0.826. The number of rotatable bonds is 2. The molecule has 200 valence electrons. The van der Waals surface area contributed by atoms with Crippen LogP contribution in [0.3, 0.4) is 0 Å². The molecule has 0 aliphatic heterocycles. The Labute approximate surface area is 251 Å². The van der Waals surface area contributed by atoms with Crippen LogP contribution in [0.5, 0.6) is 0 Å². The van der Waals surface area contributed by atoms with Gasteiger partial charge in [0.2, 0.25) is 0 Å². The van der Waals surface area contributed by atoms with Crippen LogP contribution in [0.1, 0.15) is 29.2 Å². The Morgan fingerprint density at radius 3 is 1.33 bits per heavy atom. The number of aryl methyl sites for hydroxylation is 4. The van der Waals surface area contributed by atoms with Crippen LogP contribution in [0.4, 0.5) is 0 Å². The summed E-state index contributed by atoms with van der Waals surface area (Å²) in [6.45, 7) is 13.6. The van der Waals surface area contributed by atoms with Gasteiger partial charge < -0.3 is 6.92 Å². The van der Waals surface area contributed by atoms with Gasteiger partial charge in [0.05, 0.1) is 11.4 Å². The Morgan fingerprint density at radius 1 is 0.615 bits per heavy atom. The van der Waals surface area contributed by atoms with Crippen molar-refractivity contribution in [2.24, 2.45) is 0 Å². The number of hydrogen-bond donors (Lipinski definition) is 0. The fourth-order valence-corrected chi connectivity index (χ4v) is 4.67. The van der Waals surface area contributed by atoms with Crippen molar-refractivity contribution in [1.82, 2.24) is 9.97 Å². The molecular formula is C34H33Cl2N2Zr-3. The van der Waals surface area contributed by atoms with E-state index in [1.807, 2.05) is 36.7 Å². The Hall–Kier alpha value is -2.58. The predicted octanol–water partition coefficient (Wildman–Crippen LogP) is 10.7. The van der Waals surface area contributed by atoms with E-state index in [1.165, 1.54) is 54.9 Å². The molecule has 4 aromatic carbocycles. The van der Waals surface area contributed by atoms with Crippen molar-refractivity contribution in [2.45, 2.75) is 34.6 Å². The molecule has 6 rings (SSSR count). The third-order valence-electron chi connectivity index (χ3n) is 6.38. The normalized spacial score (nSPS) is 10.1. The molecule has 2 heterocycles. The first-order valence-corrected chi connectivity index (χ1v) is 19.1. The van der Waals surface area contributed by atoms with Crippen molar-refractivity contribution in [2.75, 3.05) is 0 Å².